The molecule has 0 atom stereocenters. The average Bonchev–Trinajstić information content (AvgIpc) is 1.89. The number of rotatable bonds is 5. The highest BCUT2D eigenvalue weighted by atomic mass is 16.5. The lowest BCUT2D eigenvalue weighted by molar-refractivity contribution is 0.199. The van der Waals surface area contributed by atoms with Gasteiger partial charge in [0.05, 0.1) is 12.9 Å². The third kappa shape index (κ3) is 7.50. The van der Waals surface area contributed by atoms with Gasteiger partial charge >= 0.3 is 0 Å². The van der Waals surface area contributed by atoms with E-state index in [0.29, 0.717) is 13.0 Å². The van der Waals surface area contributed by atoms with Crippen LogP contribution in [0, 0.1) is 0 Å². The molecule has 0 aromatic heterocycles. The van der Waals surface area contributed by atoms with Gasteiger partial charge in [0.2, 0.25) is 0 Å². The molecule has 0 aromatic rings. The highest BCUT2D eigenvalue weighted by molar-refractivity contribution is 4.70. The number of hydrogen-bond acceptors (Lipinski definition) is 2. The molecular formula is C7H14O2. The summed E-state index contributed by atoms with van der Waals surface area (Å²) < 4.78 is 4.97. The molecule has 1 N–H and O–H groups in total. The van der Waals surface area contributed by atoms with Crippen molar-refractivity contribution < 1.29 is 9.84 Å². The molecule has 0 unspecified atom stereocenters. The zero-order valence-electron chi connectivity index (χ0n) is 5.84. The normalized spacial score (nSPS) is 10.4. The van der Waals surface area contributed by atoms with Crippen molar-refractivity contribution in [1.82, 2.24) is 0 Å². The third-order valence-electron chi connectivity index (χ3n) is 0.848. The Morgan fingerprint density at radius 2 is 2.33 bits per heavy atom. The van der Waals surface area contributed by atoms with Crippen molar-refractivity contribution in [2.45, 2.75) is 19.8 Å². The molecule has 2 heteroatoms. The molecule has 0 amide bonds. The van der Waals surface area contributed by atoms with Crippen molar-refractivity contribution in [3.8, 4) is 0 Å². The Balaban J connectivity index is 2.82. The van der Waals surface area contributed by atoms with Gasteiger partial charge in [0, 0.05) is 13.0 Å². The molecule has 0 aromatic carbocycles. The van der Waals surface area contributed by atoms with Gasteiger partial charge in [-0.3, -0.25) is 0 Å². The second-order valence-electron chi connectivity index (χ2n) is 1.73. The summed E-state index contributed by atoms with van der Waals surface area (Å²) in [5.74, 6) is 0. The molecule has 0 aliphatic rings. The van der Waals surface area contributed by atoms with Crippen LogP contribution in [0.4, 0.5) is 0 Å². The Morgan fingerprint density at radius 3 is 2.89 bits per heavy atom. The molecule has 54 valence electrons. The van der Waals surface area contributed by atoms with Gasteiger partial charge in [0.25, 0.3) is 0 Å². The highest BCUT2D eigenvalue weighted by Gasteiger charge is 1.78. The van der Waals surface area contributed by atoms with Crippen LogP contribution in [-0.2, 0) is 4.74 Å². The monoisotopic (exact) mass is 130 g/mol. The first kappa shape index (κ1) is 8.50. The van der Waals surface area contributed by atoms with Gasteiger partial charge in [-0.2, -0.15) is 0 Å². The van der Waals surface area contributed by atoms with Crippen LogP contribution in [0.15, 0.2) is 12.3 Å². The molecule has 0 bridgehead atoms. The molecule has 0 saturated heterocycles. The van der Waals surface area contributed by atoms with E-state index in [0.717, 1.165) is 6.42 Å². The molecule has 0 aliphatic carbocycles. The van der Waals surface area contributed by atoms with E-state index in [1.54, 1.807) is 6.26 Å². The van der Waals surface area contributed by atoms with Gasteiger partial charge < -0.3 is 9.84 Å². The Bertz CT molecular complexity index is 69.3. The topological polar surface area (TPSA) is 29.5 Å². The molecule has 2 nitrogen and oxygen atoms in total. The Labute approximate surface area is 56.1 Å². The van der Waals surface area contributed by atoms with Crippen LogP contribution in [0.1, 0.15) is 19.8 Å². The maximum absolute atomic E-state index is 8.32. The maximum atomic E-state index is 8.32. The van der Waals surface area contributed by atoms with Crippen LogP contribution in [0.5, 0.6) is 0 Å². The second kappa shape index (κ2) is 7.50. The molecule has 0 fully saturated rings. The summed E-state index contributed by atoms with van der Waals surface area (Å²) in [5, 5.41) is 8.32. The predicted molar refractivity (Wildman–Crippen MR) is 37.1 cm³/mol. The zero-order valence-corrected chi connectivity index (χ0v) is 5.84. The van der Waals surface area contributed by atoms with E-state index in [1.165, 1.54) is 0 Å². The SMILES string of the molecule is CCC=COCCCO. The zero-order chi connectivity index (χ0) is 6.95. The molecular weight excluding hydrogens is 116 g/mol. The summed E-state index contributed by atoms with van der Waals surface area (Å²) in [6, 6.07) is 0. The minimum absolute atomic E-state index is 0.208. The highest BCUT2D eigenvalue weighted by Crippen LogP contribution is 1.84. The van der Waals surface area contributed by atoms with E-state index in [-0.39, 0.29) is 6.61 Å². The van der Waals surface area contributed by atoms with Crippen LogP contribution < -0.4 is 0 Å². The first-order valence-corrected chi connectivity index (χ1v) is 3.29. The van der Waals surface area contributed by atoms with Crippen molar-refractivity contribution in [2.24, 2.45) is 0 Å². The summed E-state index contributed by atoms with van der Waals surface area (Å²) in [7, 11) is 0. The fourth-order valence-corrected chi connectivity index (χ4v) is 0.380. The van der Waals surface area contributed by atoms with Crippen LogP contribution in [-0.4, -0.2) is 18.3 Å². The van der Waals surface area contributed by atoms with Crippen molar-refractivity contribution in [3.63, 3.8) is 0 Å². The maximum Gasteiger partial charge on any atom is 0.0895 e. The number of ether oxygens (including phenoxy) is 1. The van der Waals surface area contributed by atoms with E-state index < -0.39 is 0 Å². The Kier molecular flexibility index (Phi) is 7.08. The predicted octanol–water partition coefficient (Wildman–Crippen LogP) is 1.31. The van der Waals surface area contributed by atoms with Crippen molar-refractivity contribution in [2.75, 3.05) is 13.2 Å². The lowest BCUT2D eigenvalue weighted by Crippen LogP contribution is -1.90. The van der Waals surface area contributed by atoms with Crippen LogP contribution in [0.3, 0.4) is 0 Å². The van der Waals surface area contributed by atoms with Crippen molar-refractivity contribution in [1.29, 1.82) is 0 Å². The second-order valence-corrected chi connectivity index (χ2v) is 1.73. The van der Waals surface area contributed by atoms with Gasteiger partial charge in [-0.05, 0) is 6.42 Å². The van der Waals surface area contributed by atoms with E-state index >= 15 is 0 Å². The number of aliphatic hydroxyl groups is 1. The summed E-state index contributed by atoms with van der Waals surface area (Å²) in [6.07, 6.45) is 5.33. The summed E-state index contributed by atoms with van der Waals surface area (Å²) in [6.45, 7) is 2.87. The number of hydrogen-bond donors (Lipinski definition) is 1. The molecule has 0 heterocycles. The standard InChI is InChI=1S/C7H14O2/c1-2-3-6-9-7-4-5-8/h3,6,8H,2,4-5,7H2,1H3. The van der Waals surface area contributed by atoms with Gasteiger partial charge in [-0.15, -0.1) is 0 Å². The third-order valence-corrected chi connectivity index (χ3v) is 0.848. The quantitative estimate of drug-likeness (QED) is 0.449. The largest absolute Gasteiger partial charge is 0.501 e. The Morgan fingerprint density at radius 1 is 1.56 bits per heavy atom. The molecule has 0 radical (unpaired) electrons. The van der Waals surface area contributed by atoms with Gasteiger partial charge in [-0.1, -0.05) is 13.0 Å². The number of aliphatic hydroxyl groups excluding tert-OH is 1. The van der Waals surface area contributed by atoms with E-state index in [9.17, 15) is 0 Å². The van der Waals surface area contributed by atoms with Crippen molar-refractivity contribution in [3.05, 3.63) is 12.3 Å². The van der Waals surface area contributed by atoms with Crippen LogP contribution in [0.2, 0.25) is 0 Å². The summed E-state index contributed by atoms with van der Waals surface area (Å²) in [4.78, 5) is 0. The lowest BCUT2D eigenvalue weighted by Gasteiger charge is -1.95. The Hall–Kier alpha value is -0.500. The molecule has 0 aliphatic heterocycles. The summed E-state index contributed by atoms with van der Waals surface area (Å²) in [5.41, 5.74) is 0. The fourth-order valence-electron chi connectivity index (χ4n) is 0.380. The number of allylic oxidation sites excluding steroid dienone is 1. The minimum Gasteiger partial charge on any atom is -0.501 e. The van der Waals surface area contributed by atoms with E-state index in [4.69, 9.17) is 9.84 Å². The van der Waals surface area contributed by atoms with Crippen LogP contribution in [0.25, 0.3) is 0 Å². The van der Waals surface area contributed by atoms with E-state index in [1.807, 2.05) is 13.0 Å². The molecule has 0 saturated carbocycles. The van der Waals surface area contributed by atoms with Gasteiger partial charge in [-0.25, -0.2) is 0 Å². The molecule has 0 rings (SSSR count). The first-order chi connectivity index (χ1) is 4.41. The minimum atomic E-state index is 0.208. The van der Waals surface area contributed by atoms with Gasteiger partial charge in [0.1, 0.15) is 0 Å². The molecule has 0 spiro atoms. The van der Waals surface area contributed by atoms with Crippen LogP contribution >= 0.6 is 0 Å². The van der Waals surface area contributed by atoms with Gasteiger partial charge in [0.15, 0.2) is 0 Å². The average molecular weight is 130 g/mol. The van der Waals surface area contributed by atoms with Crippen molar-refractivity contribution >= 4 is 0 Å². The lowest BCUT2D eigenvalue weighted by atomic mass is 10.5. The van der Waals surface area contributed by atoms with E-state index in [2.05, 4.69) is 0 Å². The summed E-state index contributed by atoms with van der Waals surface area (Å²) >= 11 is 0. The first-order valence-electron chi connectivity index (χ1n) is 3.29. The smallest absolute Gasteiger partial charge is 0.0895 e. The fraction of sp³-hybridized carbons (Fsp3) is 0.714. The molecule has 9 heavy (non-hydrogen) atoms.